The molecule has 2 N–H and O–H groups in total. The molecule has 1 unspecified atom stereocenters. The van der Waals surface area contributed by atoms with Crippen molar-refractivity contribution in [2.75, 3.05) is 13.6 Å². The fraction of sp³-hybridized carbons (Fsp3) is 0.929. The summed E-state index contributed by atoms with van der Waals surface area (Å²) in [4.78, 5) is 14.0. The zero-order chi connectivity index (χ0) is 12.7. The standard InChI is InChI=1S/C14H28N2O/c1-3-5-12(10-11-15)8-9-14(17)16(2)13-6-4-7-13/h12-13H,3-11,15H2,1-2H3. The molecule has 1 atom stereocenters. The number of amides is 1. The van der Waals surface area contributed by atoms with Gasteiger partial charge in [-0.2, -0.15) is 0 Å². The van der Waals surface area contributed by atoms with Crippen LogP contribution in [0.4, 0.5) is 0 Å². The Labute approximate surface area is 106 Å². The molecule has 0 aromatic carbocycles. The molecule has 0 heterocycles. The van der Waals surface area contributed by atoms with E-state index >= 15 is 0 Å². The van der Waals surface area contributed by atoms with E-state index < -0.39 is 0 Å². The van der Waals surface area contributed by atoms with Crippen LogP contribution in [0.3, 0.4) is 0 Å². The molecule has 1 rings (SSSR count). The van der Waals surface area contributed by atoms with Gasteiger partial charge >= 0.3 is 0 Å². The molecule has 1 amide bonds. The Kier molecular flexibility index (Phi) is 6.56. The second-order valence-electron chi connectivity index (χ2n) is 5.36. The number of nitrogens with two attached hydrogens (primary N) is 1. The van der Waals surface area contributed by atoms with Gasteiger partial charge in [0.15, 0.2) is 0 Å². The van der Waals surface area contributed by atoms with Gasteiger partial charge in [0, 0.05) is 19.5 Å². The first-order valence-corrected chi connectivity index (χ1v) is 7.14. The molecule has 0 saturated heterocycles. The van der Waals surface area contributed by atoms with Crippen LogP contribution in [0.25, 0.3) is 0 Å². The highest BCUT2D eigenvalue weighted by Crippen LogP contribution is 2.25. The first kappa shape index (κ1) is 14.5. The zero-order valence-corrected chi connectivity index (χ0v) is 11.5. The van der Waals surface area contributed by atoms with E-state index in [0.29, 0.717) is 24.3 Å². The van der Waals surface area contributed by atoms with Crippen molar-refractivity contribution in [3.8, 4) is 0 Å². The van der Waals surface area contributed by atoms with Crippen molar-refractivity contribution >= 4 is 5.91 Å². The molecule has 1 saturated carbocycles. The van der Waals surface area contributed by atoms with E-state index in [1.807, 2.05) is 11.9 Å². The van der Waals surface area contributed by atoms with Crippen molar-refractivity contribution in [1.29, 1.82) is 0 Å². The average Bonchev–Trinajstić information content (AvgIpc) is 2.23. The zero-order valence-electron chi connectivity index (χ0n) is 11.5. The highest BCUT2D eigenvalue weighted by Gasteiger charge is 2.25. The summed E-state index contributed by atoms with van der Waals surface area (Å²) in [5, 5.41) is 0. The van der Waals surface area contributed by atoms with E-state index in [1.54, 1.807) is 0 Å². The minimum Gasteiger partial charge on any atom is -0.343 e. The third-order valence-electron chi connectivity index (χ3n) is 4.05. The maximum Gasteiger partial charge on any atom is 0.222 e. The Balaban J connectivity index is 2.24. The summed E-state index contributed by atoms with van der Waals surface area (Å²) in [6, 6.07) is 0.529. The van der Waals surface area contributed by atoms with Crippen molar-refractivity contribution in [1.82, 2.24) is 4.90 Å². The first-order valence-electron chi connectivity index (χ1n) is 7.14. The van der Waals surface area contributed by atoms with Crippen LogP contribution in [0.5, 0.6) is 0 Å². The summed E-state index contributed by atoms with van der Waals surface area (Å²) in [5.74, 6) is 0.969. The predicted octanol–water partition coefficient (Wildman–Crippen LogP) is 2.54. The fourth-order valence-corrected chi connectivity index (χ4v) is 2.56. The first-order chi connectivity index (χ1) is 8.19. The van der Waals surface area contributed by atoms with Crippen molar-refractivity contribution < 1.29 is 4.79 Å². The topological polar surface area (TPSA) is 46.3 Å². The van der Waals surface area contributed by atoms with Crippen LogP contribution in [0.2, 0.25) is 0 Å². The average molecular weight is 240 g/mol. The van der Waals surface area contributed by atoms with Crippen LogP contribution in [0.15, 0.2) is 0 Å². The summed E-state index contributed by atoms with van der Waals surface area (Å²) in [5.41, 5.74) is 5.61. The molecule has 1 fully saturated rings. The van der Waals surface area contributed by atoms with Gasteiger partial charge in [-0.1, -0.05) is 19.8 Å². The van der Waals surface area contributed by atoms with Gasteiger partial charge in [0.2, 0.25) is 5.91 Å². The maximum atomic E-state index is 12.0. The second kappa shape index (κ2) is 7.70. The number of carbonyl (C=O) groups is 1. The van der Waals surface area contributed by atoms with Gasteiger partial charge in [-0.05, 0) is 44.6 Å². The molecular weight excluding hydrogens is 212 g/mol. The third kappa shape index (κ3) is 4.66. The van der Waals surface area contributed by atoms with Crippen LogP contribution in [0, 0.1) is 5.92 Å². The SMILES string of the molecule is CCCC(CCN)CCC(=O)N(C)C1CCC1. The molecule has 0 radical (unpaired) electrons. The van der Waals surface area contributed by atoms with Gasteiger partial charge in [-0.15, -0.1) is 0 Å². The molecule has 100 valence electrons. The predicted molar refractivity (Wildman–Crippen MR) is 71.7 cm³/mol. The van der Waals surface area contributed by atoms with E-state index in [1.165, 1.54) is 32.1 Å². The van der Waals surface area contributed by atoms with Crippen molar-refractivity contribution in [3.05, 3.63) is 0 Å². The Morgan fingerprint density at radius 2 is 2.06 bits per heavy atom. The second-order valence-corrected chi connectivity index (χ2v) is 5.36. The summed E-state index contributed by atoms with van der Waals surface area (Å²) in [6.45, 7) is 2.95. The molecule has 17 heavy (non-hydrogen) atoms. The molecule has 0 spiro atoms. The normalized spacial score (nSPS) is 17.6. The lowest BCUT2D eigenvalue weighted by atomic mass is 9.90. The van der Waals surface area contributed by atoms with Gasteiger partial charge < -0.3 is 10.6 Å². The molecule has 0 aromatic rings. The fourth-order valence-electron chi connectivity index (χ4n) is 2.56. The molecule has 0 bridgehead atoms. The molecule has 1 aliphatic rings. The minimum atomic E-state index is 0.327. The van der Waals surface area contributed by atoms with Gasteiger partial charge in [0.25, 0.3) is 0 Å². The summed E-state index contributed by atoms with van der Waals surface area (Å²) in [6.07, 6.45) is 8.86. The number of hydrogen-bond donors (Lipinski definition) is 1. The largest absolute Gasteiger partial charge is 0.343 e. The molecule has 1 aliphatic carbocycles. The van der Waals surface area contributed by atoms with Gasteiger partial charge in [-0.3, -0.25) is 4.79 Å². The number of rotatable bonds is 8. The lowest BCUT2D eigenvalue weighted by molar-refractivity contribution is -0.133. The summed E-state index contributed by atoms with van der Waals surface area (Å²) < 4.78 is 0. The quantitative estimate of drug-likeness (QED) is 0.708. The number of nitrogens with zero attached hydrogens (tertiary/aromatic N) is 1. The van der Waals surface area contributed by atoms with Crippen LogP contribution < -0.4 is 5.73 Å². The van der Waals surface area contributed by atoms with E-state index in [9.17, 15) is 4.79 Å². The Morgan fingerprint density at radius 3 is 2.53 bits per heavy atom. The Bertz CT molecular complexity index is 220. The van der Waals surface area contributed by atoms with Crippen molar-refractivity contribution in [2.24, 2.45) is 11.7 Å². The van der Waals surface area contributed by atoms with Crippen molar-refractivity contribution in [3.63, 3.8) is 0 Å². The van der Waals surface area contributed by atoms with Crippen LogP contribution in [-0.4, -0.2) is 30.4 Å². The Morgan fingerprint density at radius 1 is 1.35 bits per heavy atom. The van der Waals surface area contributed by atoms with E-state index in [0.717, 1.165) is 19.4 Å². The number of hydrogen-bond acceptors (Lipinski definition) is 2. The summed E-state index contributed by atoms with van der Waals surface area (Å²) >= 11 is 0. The Hall–Kier alpha value is -0.570. The van der Waals surface area contributed by atoms with Gasteiger partial charge in [0.05, 0.1) is 0 Å². The molecular formula is C14H28N2O. The van der Waals surface area contributed by atoms with E-state index in [-0.39, 0.29) is 0 Å². The molecule has 3 heteroatoms. The van der Waals surface area contributed by atoms with Crippen LogP contribution in [0.1, 0.15) is 58.3 Å². The summed E-state index contributed by atoms with van der Waals surface area (Å²) in [7, 11) is 1.96. The molecule has 0 aromatic heterocycles. The van der Waals surface area contributed by atoms with Crippen LogP contribution >= 0.6 is 0 Å². The van der Waals surface area contributed by atoms with E-state index in [2.05, 4.69) is 6.92 Å². The highest BCUT2D eigenvalue weighted by molar-refractivity contribution is 5.76. The maximum absolute atomic E-state index is 12.0. The minimum absolute atomic E-state index is 0.327. The van der Waals surface area contributed by atoms with Gasteiger partial charge in [-0.25, -0.2) is 0 Å². The highest BCUT2D eigenvalue weighted by atomic mass is 16.2. The third-order valence-corrected chi connectivity index (χ3v) is 4.05. The molecule has 0 aliphatic heterocycles. The van der Waals surface area contributed by atoms with E-state index in [4.69, 9.17) is 5.73 Å². The lowest BCUT2D eigenvalue weighted by Crippen LogP contribution is -2.41. The smallest absolute Gasteiger partial charge is 0.222 e. The lowest BCUT2D eigenvalue weighted by Gasteiger charge is -2.35. The van der Waals surface area contributed by atoms with Gasteiger partial charge in [0.1, 0.15) is 0 Å². The van der Waals surface area contributed by atoms with Crippen molar-refractivity contribution in [2.45, 2.75) is 64.3 Å². The monoisotopic (exact) mass is 240 g/mol. The number of carbonyl (C=O) groups excluding carboxylic acids is 1. The van der Waals surface area contributed by atoms with Crippen LogP contribution in [-0.2, 0) is 4.79 Å². The molecule has 3 nitrogen and oxygen atoms in total.